The van der Waals surface area contributed by atoms with Gasteiger partial charge >= 0.3 is 0 Å². The molecule has 0 saturated heterocycles. The number of nitrogens with zero attached hydrogens (tertiary/aromatic N) is 1. The molecule has 4 saturated carbocycles. The van der Waals surface area contributed by atoms with E-state index in [1.807, 2.05) is 0 Å². The van der Waals surface area contributed by atoms with Crippen molar-refractivity contribution in [3.63, 3.8) is 0 Å². The highest BCUT2D eigenvalue weighted by molar-refractivity contribution is 7.85. The maximum absolute atomic E-state index is 12.8. The molecular weight excluding hydrogens is 494 g/mol. The van der Waals surface area contributed by atoms with Crippen molar-refractivity contribution in [2.45, 2.75) is 97.2 Å². The van der Waals surface area contributed by atoms with Gasteiger partial charge in [0.1, 0.15) is 0 Å². The number of aliphatic hydroxyl groups is 3. The van der Waals surface area contributed by atoms with Gasteiger partial charge in [-0.2, -0.15) is 8.42 Å². The van der Waals surface area contributed by atoms with Crippen molar-refractivity contribution in [1.29, 1.82) is 0 Å². The van der Waals surface area contributed by atoms with Gasteiger partial charge in [-0.25, -0.2) is 0 Å². The van der Waals surface area contributed by atoms with Gasteiger partial charge in [0.25, 0.3) is 10.1 Å². The number of carbonyl (C=O) groups excluding carboxylic acids is 1. The maximum Gasteiger partial charge on any atom is 0.266 e. The van der Waals surface area contributed by atoms with Crippen molar-refractivity contribution in [3.8, 4) is 0 Å². The molecule has 37 heavy (non-hydrogen) atoms. The number of fused-ring (bicyclic) bond motifs is 5. The molecule has 9 heteroatoms. The Morgan fingerprint density at radius 3 is 2.43 bits per heavy atom. The van der Waals surface area contributed by atoms with Crippen LogP contribution in [0.25, 0.3) is 0 Å². The van der Waals surface area contributed by atoms with Crippen LogP contribution in [0, 0.1) is 46.3 Å². The third kappa shape index (κ3) is 5.63. The summed E-state index contributed by atoms with van der Waals surface area (Å²) in [6, 6.07) is 0. The van der Waals surface area contributed by atoms with Gasteiger partial charge in [-0.05, 0) is 104 Å². The van der Waals surface area contributed by atoms with Crippen LogP contribution < -0.4 is 0 Å². The summed E-state index contributed by atoms with van der Waals surface area (Å²) in [7, 11) is -4.18. The Morgan fingerprint density at radius 1 is 1.03 bits per heavy atom. The lowest BCUT2D eigenvalue weighted by Crippen LogP contribution is -2.58. The topological polar surface area (TPSA) is 135 Å². The summed E-state index contributed by atoms with van der Waals surface area (Å²) in [6.45, 7) is 6.55. The van der Waals surface area contributed by atoms with Crippen molar-refractivity contribution in [2.24, 2.45) is 46.3 Å². The SMILES string of the molecule is CC(CCC(=O)N(CCO)CCS(=O)(=O)O)C1CCC2C3CCC4CC(O)CCC4(C)C3CC(O)C12C. The lowest BCUT2D eigenvalue weighted by atomic mass is 9.43. The first kappa shape index (κ1) is 29.2. The second kappa shape index (κ2) is 11.0. The molecule has 0 bridgehead atoms. The van der Waals surface area contributed by atoms with Crippen LogP contribution in [0.15, 0.2) is 0 Å². The van der Waals surface area contributed by atoms with Crippen molar-refractivity contribution in [3.05, 3.63) is 0 Å². The summed E-state index contributed by atoms with van der Waals surface area (Å²) in [5, 5.41) is 31.3. The second-order valence-corrected chi connectivity index (χ2v) is 14.9. The number of hydrogen-bond acceptors (Lipinski definition) is 6. The van der Waals surface area contributed by atoms with Crippen molar-refractivity contribution < 1.29 is 33.1 Å². The first-order chi connectivity index (χ1) is 17.3. The van der Waals surface area contributed by atoms with Crippen molar-refractivity contribution >= 4 is 16.0 Å². The first-order valence-corrected chi connectivity index (χ1v) is 16.1. The highest BCUT2D eigenvalue weighted by atomic mass is 32.2. The zero-order valence-electron chi connectivity index (χ0n) is 22.9. The van der Waals surface area contributed by atoms with Crippen LogP contribution in [0.5, 0.6) is 0 Å². The van der Waals surface area contributed by atoms with Gasteiger partial charge in [0.05, 0.1) is 24.6 Å². The van der Waals surface area contributed by atoms with E-state index in [0.29, 0.717) is 36.0 Å². The Bertz CT molecular complexity index is 927. The predicted molar refractivity (Wildman–Crippen MR) is 141 cm³/mol. The molecule has 0 aliphatic heterocycles. The maximum atomic E-state index is 12.8. The van der Waals surface area contributed by atoms with Gasteiger partial charge in [-0.15, -0.1) is 0 Å². The molecule has 0 radical (unpaired) electrons. The van der Waals surface area contributed by atoms with Crippen LogP contribution >= 0.6 is 0 Å². The van der Waals surface area contributed by atoms with Gasteiger partial charge in [0.2, 0.25) is 5.91 Å². The zero-order valence-corrected chi connectivity index (χ0v) is 23.7. The average molecular weight is 544 g/mol. The van der Waals surface area contributed by atoms with E-state index in [4.69, 9.17) is 4.55 Å². The molecule has 0 aromatic carbocycles. The minimum Gasteiger partial charge on any atom is -0.395 e. The molecule has 214 valence electrons. The van der Waals surface area contributed by atoms with Gasteiger partial charge < -0.3 is 20.2 Å². The lowest BCUT2D eigenvalue weighted by Gasteiger charge is -2.62. The highest BCUT2D eigenvalue weighted by Gasteiger charge is 2.63. The molecule has 0 heterocycles. The van der Waals surface area contributed by atoms with Crippen molar-refractivity contribution in [1.82, 2.24) is 4.90 Å². The summed E-state index contributed by atoms with van der Waals surface area (Å²) in [5.74, 6) is 1.97. The Kier molecular flexibility index (Phi) is 8.72. The fourth-order valence-electron chi connectivity index (χ4n) is 9.58. The van der Waals surface area contributed by atoms with Gasteiger partial charge in [0.15, 0.2) is 0 Å². The van der Waals surface area contributed by atoms with Crippen molar-refractivity contribution in [2.75, 3.05) is 25.4 Å². The molecule has 4 aliphatic carbocycles. The summed E-state index contributed by atoms with van der Waals surface area (Å²) < 4.78 is 31.3. The monoisotopic (exact) mass is 543 g/mol. The van der Waals surface area contributed by atoms with Crippen LogP contribution in [0.3, 0.4) is 0 Å². The summed E-state index contributed by atoms with van der Waals surface area (Å²) in [5.41, 5.74) is 0.0373. The summed E-state index contributed by atoms with van der Waals surface area (Å²) >= 11 is 0. The number of aliphatic hydroxyl groups excluding tert-OH is 3. The van der Waals surface area contributed by atoms with E-state index in [0.717, 1.165) is 38.5 Å². The van der Waals surface area contributed by atoms with Gasteiger partial charge in [-0.1, -0.05) is 20.8 Å². The van der Waals surface area contributed by atoms with E-state index in [2.05, 4.69) is 20.8 Å². The van der Waals surface area contributed by atoms with E-state index in [-0.39, 0.29) is 61.0 Å². The molecule has 0 aromatic heterocycles. The Labute approximate surface area is 223 Å². The van der Waals surface area contributed by atoms with Gasteiger partial charge in [-0.3, -0.25) is 9.35 Å². The number of hydrogen-bond donors (Lipinski definition) is 4. The quantitative estimate of drug-likeness (QED) is 0.328. The number of amides is 1. The molecule has 10 unspecified atom stereocenters. The average Bonchev–Trinajstić information content (AvgIpc) is 3.19. The van der Waals surface area contributed by atoms with E-state index >= 15 is 0 Å². The molecule has 4 fully saturated rings. The van der Waals surface area contributed by atoms with Gasteiger partial charge in [0, 0.05) is 19.5 Å². The first-order valence-electron chi connectivity index (χ1n) is 14.5. The molecule has 0 spiro atoms. The summed E-state index contributed by atoms with van der Waals surface area (Å²) in [6.07, 6.45) is 8.58. The fourth-order valence-corrected chi connectivity index (χ4v) is 10.0. The predicted octanol–water partition coefficient (Wildman–Crippen LogP) is 3.10. The van der Waals surface area contributed by atoms with E-state index < -0.39 is 15.9 Å². The van der Waals surface area contributed by atoms with E-state index in [1.54, 1.807) is 0 Å². The third-order valence-electron chi connectivity index (χ3n) is 11.7. The Morgan fingerprint density at radius 2 is 1.76 bits per heavy atom. The van der Waals surface area contributed by atoms with Crippen LogP contribution in [0.1, 0.15) is 85.0 Å². The molecule has 10 atom stereocenters. The van der Waals surface area contributed by atoms with Crippen LogP contribution in [0.2, 0.25) is 0 Å². The van der Waals surface area contributed by atoms with E-state index in [9.17, 15) is 28.5 Å². The molecule has 4 N–H and O–H groups in total. The molecule has 0 aromatic rings. The smallest absolute Gasteiger partial charge is 0.266 e. The second-order valence-electron chi connectivity index (χ2n) is 13.3. The fraction of sp³-hybridized carbons (Fsp3) is 0.964. The normalized spacial score (nSPS) is 42.4. The standard InChI is InChI=1S/C28H49NO7S/c1-18(4-9-26(33)29(12-14-30)13-15-37(34,35)36)22-7-8-23-21-6-5-19-16-20(31)10-11-27(19,2)24(21)17-25(32)28(22,23)3/h18-25,30-32H,4-17H2,1-3H3,(H,34,35,36). The molecule has 4 rings (SSSR count). The minimum absolute atomic E-state index is 0.0462. The highest BCUT2D eigenvalue weighted by Crippen LogP contribution is 2.68. The third-order valence-corrected chi connectivity index (χ3v) is 12.4. The lowest BCUT2D eigenvalue weighted by molar-refractivity contribution is -0.175. The minimum atomic E-state index is -4.18. The number of rotatable bonds is 9. The molecule has 4 aliphatic rings. The molecule has 1 amide bonds. The zero-order chi connectivity index (χ0) is 27.2. The Hall–Kier alpha value is -0.740. The molecule has 8 nitrogen and oxygen atoms in total. The van der Waals surface area contributed by atoms with Crippen LogP contribution in [0.4, 0.5) is 0 Å². The van der Waals surface area contributed by atoms with E-state index in [1.165, 1.54) is 17.7 Å². The number of carbonyl (C=O) groups is 1. The van der Waals surface area contributed by atoms with Crippen LogP contribution in [-0.4, -0.2) is 76.8 Å². The Balaban J connectivity index is 1.42. The molecular formula is C28H49NO7S. The largest absolute Gasteiger partial charge is 0.395 e. The summed E-state index contributed by atoms with van der Waals surface area (Å²) in [4.78, 5) is 14.2. The van der Waals surface area contributed by atoms with Crippen LogP contribution in [-0.2, 0) is 14.9 Å².